The zero-order chi connectivity index (χ0) is 15.6. The molecular weight excluding hydrogens is 320 g/mol. The number of phenolic OH excluding ortho intramolecular Hbond substituents is 1. The SMILES string of the molecule is COc1ccc(C(=O)Nc2cc(Cl)c(O)c(Cl)c2)c(F)c1. The van der Waals surface area contributed by atoms with Crippen LogP contribution in [0, 0.1) is 5.82 Å². The Hall–Kier alpha value is -1.98. The third kappa shape index (κ3) is 3.37. The Bertz CT molecular complexity index is 684. The van der Waals surface area contributed by atoms with E-state index in [-0.39, 0.29) is 27.0 Å². The van der Waals surface area contributed by atoms with Crippen LogP contribution in [0.15, 0.2) is 30.3 Å². The number of hydrogen-bond donors (Lipinski definition) is 2. The smallest absolute Gasteiger partial charge is 0.258 e. The Morgan fingerprint density at radius 3 is 2.38 bits per heavy atom. The second-order valence-corrected chi connectivity index (χ2v) is 4.90. The first-order valence-electron chi connectivity index (χ1n) is 5.75. The Kier molecular flexibility index (Phi) is 4.55. The number of carbonyl (C=O) groups excluding carboxylic acids is 1. The molecule has 7 heteroatoms. The summed E-state index contributed by atoms with van der Waals surface area (Å²) in [6, 6.07) is 6.48. The van der Waals surface area contributed by atoms with Crippen molar-refractivity contribution in [2.24, 2.45) is 0 Å². The van der Waals surface area contributed by atoms with Gasteiger partial charge >= 0.3 is 0 Å². The fourth-order valence-electron chi connectivity index (χ4n) is 1.64. The molecule has 0 aliphatic rings. The van der Waals surface area contributed by atoms with E-state index < -0.39 is 11.7 Å². The molecule has 2 aromatic rings. The zero-order valence-corrected chi connectivity index (χ0v) is 12.3. The minimum absolute atomic E-state index is 0.0204. The molecule has 0 aromatic heterocycles. The molecule has 0 saturated carbocycles. The first-order chi connectivity index (χ1) is 9.92. The van der Waals surface area contributed by atoms with Crippen LogP contribution in [-0.2, 0) is 0 Å². The summed E-state index contributed by atoms with van der Waals surface area (Å²) in [7, 11) is 1.40. The second-order valence-electron chi connectivity index (χ2n) is 4.09. The van der Waals surface area contributed by atoms with Crippen LogP contribution in [0.2, 0.25) is 10.0 Å². The van der Waals surface area contributed by atoms with Crippen LogP contribution in [0.25, 0.3) is 0 Å². The maximum absolute atomic E-state index is 13.8. The molecule has 0 heterocycles. The van der Waals surface area contributed by atoms with Crippen molar-refractivity contribution in [2.75, 3.05) is 12.4 Å². The summed E-state index contributed by atoms with van der Waals surface area (Å²) in [6.07, 6.45) is 0. The molecule has 2 N–H and O–H groups in total. The predicted octanol–water partition coefficient (Wildman–Crippen LogP) is 4.10. The minimum atomic E-state index is -0.720. The fraction of sp³-hybridized carbons (Fsp3) is 0.0714. The summed E-state index contributed by atoms with van der Waals surface area (Å²) in [4.78, 5) is 12.0. The molecule has 0 saturated heterocycles. The van der Waals surface area contributed by atoms with Crippen LogP contribution in [0.1, 0.15) is 10.4 Å². The van der Waals surface area contributed by atoms with Gasteiger partial charge in [-0.1, -0.05) is 23.2 Å². The van der Waals surface area contributed by atoms with Crippen LogP contribution in [0.4, 0.5) is 10.1 Å². The third-order valence-electron chi connectivity index (χ3n) is 2.70. The lowest BCUT2D eigenvalue weighted by molar-refractivity contribution is 0.102. The number of halogens is 3. The van der Waals surface area contributed by atoms with Crippen LogP contribution in [-0.4, -0.2) is 18.1 Å². The van der Waals surface area contributed by atoms with Crippen molar-refractivity contribution in [1.82, 2.24) is 0 Å². The molecule has 0 aliphatic carbocycles. The average molecular weight is 330 g/mol. The molecule has 2 rings (SSSR count). The van der Waals surface area contributed by atoms with Crippen molar-refractivity contribution in [3.63, 3.8) is 0 Å². The largest absolute Gasteiger partial charge is 0.505 e. The van der Waals surface area contributed by atoms with Gasteiger partial charge in [-0.3, -0.25) is 4.79 Å². The van der Waals surface area contributed by atoms with Gasteiger partial charge in [-0.2, -0.15) is 0 Å². The molecule has 2 aromatic carbocycles. The molecule has 0 unspecified atom stereocenters. The van der Waals surface area contributed by atoms with Gasteiger partial charge in [-0.05, 0) is 24.3 Å². The summed E-state index contributed by atoms with van der Waals surface area (Å²) >= 11 is 11.5. The quantitative estimate of drug-likeness (QED) is 0.833. The van der Waals surface area contributed by atoms with Crippen molar-refractivity contribution in [2.45, 2.75) is 0 Å². The number of hydrogen-bond acceptors (Lipinski definition) is 3. The van der Waals surface area contributed by atoms with Crippen molar-refractivity contribution in [3.8, 4) is 11.5 Å². The molecule has 0 atom stereocenters. The first kappa shape index (κ1) is 15.4. The number of rotatable bonds is 3. The number of benzene rings is 2. The van der Waals surface area contributed by atoms with Gasteiger partial charge in [0.1, 0.15) is 11.6 Å². The van der Waals surface area contributed by atoms with Crippen molar-refractivity contribution < 1.29 is 19.0 Å². The molecule has 0 fully saturated rings. The Labute approximate surface area is 130 Å². The highest BCUT2D eigenvalue weighted by atomic mass is 35.5. The van der Waals surface area contributed by atoms with Gasteiger partial charge in [-0.15, -0.1) is 0 Å². The second kappa shape index (κ2) is 6.20. The highest BCUT2D eigenvalue weighted by Gasteiger charge is 2.14. The predicted molar refractivity (Wildman–Crippen MR) is 79.0 cm³/mol. The van der Waals surface area contributed by atoms with E-state index >= 15 is 0 Å². The number of aromatic hydroxyl groups is 1. The Morgan fingerprint density at radius 2 is 1.86 bits per heavy atom. The maximum atomic E-state index is 13.8. The van der Waals surface area contributed by atoms with Gasteiger partial charge < -0.3 is 15.2 Å². The number of ether oxygens (including phenoxy) is 1. The molecule has 0 aliphatic heterocycles. The number of anilines is 1. The number of methoxy groups -OCH3 is 1. The molecule has 21 heavy (non-hydrogen) atoms. The third-order valence-corrected chi connectivity index (χ3v) is 3.27. The standard InChI is InChI=1S/C14H10Cl2FNO3/c1-21-8-2-3-9(12(17)6-8)14(20)18-7-4-10(15)13(19)11(16)5-7/h2-6,19H,1H3,(H,18,20). The van der Waals surface area contributed by atoms with Crippen LogP contribution < -0.4 is 10.1 Å². The molecular formula is C14H10Cl2FNO3. The number of amides is 1. The highest BCUT2D eigenvalue weighted by Crippen LogP contribution is 2.34. The van der Waals surface area contributed by atoms with Gasteiger partial charge in [-0.25, -0.2) is 4.39 Å². The van der Waals surface area contributed by atoms with Gasteiger partial charge in [0, 0.05) is 11.8 Å². The number of phenols is 1. The number of carbonyl (C=O) groups is 1. The normalized spacial score (nSPS) is 10.3. The monoisotopic (exact) mass is 329 g/mol. The van der Waals surface area contributed by atoms with Gasteiger partial charge in [0.15, 0.2) is 5.75 Å². The summed E-state index contributed by atoms with van der Waals surface area (Å²) in [5, 5.41) is 11.8. The lowest BCUT2D eigenvalue weighted by Crippen LogP contribution is -2.13. The maximum Gasteiger partial charge on any atom is 0.258 e. The molecule has 0 spiro atoms. The molecule has 1 amide bonds. The summed E-state index contributed by atoms with van der Waals surface area (Å²) in [5.74, 6) is -1.37. The van der Waals surface area contributed by atoms with E-state index in [1.54, 1.807) is 0 Å². The van der Waals surface area contributed by atoms with E-state index in [2.05, 4.69) is 5.32 Å². The van der Waals surface area contributed by atoms with Crippen molar-refractivity contribution in [1.29, 1.82) is 0 Å². The Morgan fingerprint density at radius 1 is 1.24 bits per heavy atom. The van der Waals surface area contributed by atoms with E-state index in [0.29, 0.717) is 5.75 Å². The van der Waals surface area contributed by atoms with E-state index in [0.717, 1.165) is 6.07 Å². The minimum Gasteiger partial charge on any atom is -0.505 e. The zero-order valence-electron chi connectivity index (χ0n) is 10.8. The molecule has 4 nitrogen and oxygen atoms in total. The average Bonchev–Trinajstić information content (AvgIpc) is 2.44. The van der Waals surface area contributed by atoms with E-state index in [9.17, 15) is 14.3 Å². The van der Waals surface area contributed by atoms with Crippen LogP contribution >= 0.6 is 23.2 Å². The molecule has 110 valence electrons. The topological polar surface area (TPSA) is 58.6 Å². The van der Waals surface area contributed by atoms with Crippen molar-refractivity contribution in [3.05, 3.63) is 51.8 Å². The lowest BCUT2D eigenvalue weighted by atomic mass is 10.2. The highest BCUT2D eigenvalue weighted by molar-refractivity contribution is 6.37. The molecule has 0 bridgehead atoms. The fourth-order valence-corrected chi connectivity index (χ4v) is 2.13. The van der Waals surface area contributed by atoms with Crippen molar-refractivity contribution >= 4 is 34.8 Å². The summed E-state index contributed by atoms with van der Waals surface area (Å²) in [5.41, 5.74) is 0.0825. The summed E-state index contributed by atoms with van der Waals surface area (Å²) in [6.45, 7) is 0. The number of nitrogens with one attached hydrogen (secondary N) is 1. The Balaban J connectivity index is 2.26. The molecule has 0 radical (unpaired) electrons. The van der Waals surface area contributed by atoms with Gasteiger partial charge in [0.05, 0.1) is 22.7 Å². The summed E-state index contributed by atoms with van der Waals surface area (Å²) < 4.78 is 18.6. The first-order valence-corrected chi connectivity index (χ1v) is 6.51. The van der Waals surface area contributed by atoms with E-state index in [1.807, 2.05) is 0 Å². The van der Waals surface area contributed by atoms with E-state index in [4.69, 9.17) is 27.9 Å². The lowest BCUT2D eigenvalue weighted by Gasteiger charge is -2.09. The van der Waals surface area contributed by atoms with Gasteiger partial charge in [0.25, 0.3) is 5.91 Å². The van der Waals surface area contributed by atoms with Crippen LogP contribution in [0.3, 0.4) is 0 Å². The van der Waals surface area contributed by atoms with Gasteiger partial charge in [0.2, 0.25) is 0 Å². The van der Waals surface area contributed by atoms with Crippen LogP contribution in [0.5, 0.6) is 11.5 Å². The van der Waals surface area contributed by atoms with E-state index in [1.165, 1.54) is 31.4 Å².